The number of nitrogens with one attached hydrogen (secondary N) is 2. The molecule has 0 aromatic heterocycles. The zero-order valence-corrected chi connectivity index (χ0v) is 18.8. The van der Waals surface area contributed by atoms with Crippen LogP contribution in [0.2, 0.25) is 0 Å². The minimum Gasteiger partial charge on any atom is -0.494 e. The molecule has 33 heavy (non-hydrogen) atoms. The lowest BCUT2D eigenvalue weighted by molar-refractivity contribution is 0.102. The van der Waals surface area contributed by atoms with Crippen molar-refractivity contribution in [3.05, 3.63) is 66.2 Å². The molecule has 0 aliphatic carbocycles. The predicted molar refractivity (Wildman–Crippen MR) is 122 cm³/mol. The molecule has 0 unspecified atom stereocenters. The molecule has 0 saturated heterocycles. The van der Waals surface area contributed by atoms with Gasteiger partial charge in [-0.3, -0.25) is 9.52 Å². The predicted octanol–water partition coefficient (Wildman–Crippen LogP) is 3.53. The molecule has 1 heterocycles. The Hall–Kier alpha value is -3.92. The van der Waals surface area contributed by atoms with Gasteiger partial charge in [0.1, 0.15) is 24.7 Å². The zero-order chi connectivity index (χ0) is 23.4. The van der Waals surface area contributed by atoms with E-state index in [4.69, 9.17) is 18.9 Å². The first-order valence-corrected chi connectivity index (χ1v) is 11.4. The van der Waals surface area contributed by atoms with Gasteiger partial charge in [0.25, 0.3) is 15.9 Å². The summed E-state index contributed by atoms with van der Waals surface area (Å²) in [4.78, 5) is 12.6. The Morgan fingerprint density at radius 3 is 2.18 bits per heavy atom. The van der Waals surface area contributed by atoms with Gasteiger partial charge in [0.2, 0.25) is 0 Å². The molecule has 3 aromatic rings. The molecule has 172 valence electrons. The number of carbonyl (C=O) groups is 1. The van der Waals surface area contributed by atoms with E-state index in [9.17, 15) is 13.2 Å². The molecular formula is C23H22N2O7S. The molecule has 9 nitrogen and oxygen atoms in total. The lowest BCUT2D eigenvalue weighted by atomic mass is 10.2. The van der Waals surface area contributed by atoms with Crippen molar-refractivity contribution < 1.29 is 32.2 Å². The van der Waals surface area contributed by atoms with Crippen molar-refractivity contribution in [2.24, 2.45) is 0 Å². The van der Waals surface area contributed by atoms with Gasteiger partial charge >= 0.3 is 0 Å². The molecule has 0 atom stereocenters. The van der Waals surface area contributed by atoms with E-state index in [1.54, 1.807) is 30.3 Å². The van der Waals surface area contributed by atoms with Gasteiger partial charge in [-0.15, -0.1) is 0 Å². The number of anilines is 2. The third kappa shape index (κ3) is 4.80. The minimum absolute atomic E-state index is 0.00535. The van der Waals surface area contributed by atoms with Gasteiger partial charge in [-0.2, -0.15) is 0 Å². The van der Waals surface area contributed by atoms with Crippen LogP contribution in [0.1, 0.15) is 10.4 Å². The van der Waals surface area contributed by atoms with Crippen LogP contribution in [0.25, 0.3) is 0 Å². The maximum absolute atomic E-state index is 13.0. The van der Waals surface area contributed by atoms with E-state index >= 15 is 0 Å². The van der Waals surface area contributed by atoms with Crippen molar-refractivity contribution in [3.63, 3.8) is 0 Å². The normalized spacial score (nSPS) is 12.5. The third-order valence-electron chi connectivity index (χ3n) is 4.87. The smallest absolute Gasteiger partial charge is 0.262 e. The molecule has 1 aliphatic rings. The first-order valence-electron chi connectivity index (χ1n) is 9.96. The number of methoxy groups -OCH3 is 2. The van der Waals surface area contributed by atoms with Crippen molar-refractivity contribution in [1.82, 2.24) is 0 Å². The van der Waals surface area contributed by atoms with E-state index in [0.29, 0.717) is 36.0 Å². The fraction of sp³-hybridized carbons (Fsp3) is 0.174. The van der Waals surface area contributed by atoms with Crippen LogP contribution in [0.5, 0.6) is 23.0 Å². The standard InChI is InChI=1S/C23H22N2O7S/c1-29-20-14-18(21(30-2)13-17(20)24-23(26)15-6-4-3-5-7-15)25-33(27,28)16-8-9-19-22(12-16)32-11-10-31-19/h3-9,12-14,25H,10-11H2,1-2H3,(H,24,26). The van der Waals surface area contributed by atoms with Crippen LogP contribution >= 0.6 is 0 Å². The molecule has 0 saturated carbocycles. The van der Waals surface area contributed by atoms with Crippen molar-refractivity contribution >= 4 is 27.3 Å². The van der Waals surface area contributed by atoms with Gasteiger partial charge in [0.05, 0.1) is 30.5 Å². The highest BCUT2D eigenvalue weighted by Crippen LogP contribution is 2.38. The molecule has 4 rings (SSSR count). The summed E-state index contributed by atoms with van der Waals surface area (Å²) in [5, 5.41) is 2.76. The Morgan fingerprint density at radius 2 is 1.48 bits per heavy atom. The summed E-state index contributed by atoms with van der Waals surface area (Å²) < 4.78 is 50.2. The van der Waals surface area contributed by atoms with Crippen LogP contribution < -0.4 is 29.0 Å². The van der Waals surface area contributed by atoms with E-state index in [-0.39, 0.29) is 28.0 Å². The van der Waals surface area contributed by atoms with Gasteiger partial charge in [-0.25, -0.2) is 8.42 Å². The molecule has 1 aliphatic heterocycles. The Morgan fingerprint density at radius 1 is 0.848 bits per heavy atom. The second-order valence-electron chi connectivity index (χ2n) is 6.98. The van der Waals surface area contributed by atoms with E-state index in [0.717, 1.165) is 0 Å². The summed E-state index contributed by atoms with van der Waals surface area (Å²) in [6.07, 6.45) is 0. The molecule has 1 amide bonds. The van der Waals surface area contributed by atoms with Crippen molar-refractivity contribution in [1.29, 1.82) is 0 Å². The number of fused-ring (bicyclic) bond motifs is 1. The largest absolute Gasteiger partial charge is 0.494 e. The number of ether oxygens (including phenoxy) is 4. The summed E-state index contributed by atoms with van der Waals surface area (Å²) >= 11 is 0. The highest BCUT2D eigenvalue weighted by Gasteiger charge is 2.22. The van der Waals surface area contributed by atoms with Gasteiger partial charge in [0.15, 0.2) is 11.5 Å². The molecule has 0 fully saturated rings. The Kier molecular flexibility index (Phi) is 6.27. The monoisotopic (exact) mass is 470 g/mol. The lowest BCUT2D eigenvalue weighted by Crippen LogP contribution is -2.18. The highest BCUT2D eigenvalue weighted by molar-refractivity contribution is 7.92. The van der Waals surface area contributed by atoms with E-state index in [1.165, 1.54) is 38.5 Å². The quantitative estimate of drug-likeness (QED) is 0.543. The van der Waals surface area contributed by atoms with Gasteiger partial charge in [0, 0.05) is 23.8 Å². The minimum atomic E-state index is -3.99. The van der Waals surface area contributed by atoms with Crippen LogP contribution in [0.15, 0.2) is 65.6 Å². The average molecular weight is 471 g/mol. The van der Waals surface area contributed by atoms with Crippen molar-refractivity contribution in [2.75, 3.05) is 37.5 Å². The molecule has 0 radical (unpaired) electrons. The number of hydrogen-bond acceptors (Lipinski definition) is 7. The summed E-state index contributed by atoms with van der Waals surface area (Å²) in [7, 11) is -1.18. The number of sulfonamides is 1. The Balaban J connectivity index is 1.63. The third-order valence-corrected chi connectivity index (χ3v) is 6.24. The Bertz CT molecular complexity index is 1280. The lowest BCUT2D eigenvalue weighted by Gasteiger charge is -2.20. The van der Waals surface area contributed by atoms with E-state index in [1.807, 2.05) is 6.07 Å². The van der Waals surface area contributed by atoms with Gasteiger partial charge < -0.3 is 24.3 Å². The van der Waals surface area contributed by atoms with Crippen molar-refractivity contribution in [3.8, 4) is 23.0 Å². The summed E-state index contributed by atoms with van der Waals surface area (Å²) in [6, 6.07) is 16.0. The second-order valence-corrected chi connectivity index (χ2v) is 8.67. The van der Waals surface area contributed by atoms with E-state index in [2.05, 4.69) is 10.0 Å². The first kappa shape index (κ1) is 22.3. The summed E-state index contributed by atoms with van der Waals surface area (Å²) in [5.74, 6) is 0.936. The van der Waals surface area contributed by atoms with Crippen LogP contribution in [0.3, 0.4) is 0 Å². The number of benzene rings is 3. The fourth-order valence-corrected chi connectivity index (χ4v) is 4.33. The topological polar surface area (TPSA) is 112 Å². The highest BCUT2D eigenvalue weighted by atomic mass is 32.2. The summed E-state index contributed by atoms with van der Waals surface area (Å²) in [5.41, 5.74) is 0.925. The van der Waals surface area contributed by atoms with Crippen LogP contribution in [0, 0.1) is 0 Å². The summed E-state index contributed by atoms with van der Waals surface area (Å²) in [6.45, 7) is 0.743. The van der Waals surface area contributed by atoms with E-state index < -0.39 is 10.0 Å². The number of rotatable bonds is 7. The molecular weight excluding hydrogens is 448 g/mol. The van der Waals surface area contributed by atoms with Gasteiger partial charge in [-0.1, -0.05) is 18.2 Å². The van der Waals surface area contributed by atoms with Gasteiger partial charge in [-0.05, 0) is 24.3 Å². The molecule has 3 aromatic carbocycles. The number of hydrogen-bond donors (Lipinski definition) is 2. The first-order chi connectivity index (χ1) is 15.9. The second kappa shape index (κ2) is 9.29. The van der Waals surface area contributed by atoms with Crippen LogP contribution in [-0.4, -0.2) is 41.8 Å². The zero-order valence-electron chi connectivity index (χ0n) is 18.0. The average Bonchev–Trinajstić information content (AvgIpc) is 2.84. The number of carbonyl (C=O) groups excluding carboxylic acids is 1. The number of amides is 1. The molecule has 2 N–H and O–H groups in total. The van der Waals surface area contributed by atoms with Crippen molar-refractivity contribution in [2.45, 2.75) is 4.90 Å². The molecule has 0 spiro atoms. The fourth-order valence-electron chi connectivity index (χ4n) is 3.25. The molecule has 0 bridgehead atoms. The van der Waals surface area contributed by atoms with Crippen LogP contribution in [-0.2, 0) is 10.0 Å². The van der Waals surface area contributed by atoms with Crippen LogP contribution in [0.4, 0.5) is 11.4 Å². The molecule has 10 heteroatoms. The Labute approximate surface area is 191 Å². The maximum atomic E-state index is 13.0. The maximum Gasteiger partial charge on any atom is 0.262 e. The SMILES string of the molecule is COc1cc(NS(=O)(=O)c2ccc3c(c2)OCCO3)c(OC)cc1NC(=O)c1ccccc1.